The third-order valence-corrected chi connectivity index (χ3v) is 3.89. The number of aromatic amines is 1. The molecule has 6 heteroatoms. The molecule has 1 aromatic carbocycles. The van der Waals surface area contributed by atoms with Gasteiger partial charge in [0.2, 0.25) is 0 Å². The second-order valence-electron chi connectivity index (χ2n) is 3.47. The predicted octanol–water partition coefficient (Wildman–Crippen LogP) is 3.25. The first-order valence-corrected chi connectivity index (χ1v) is 6.57. The van der Waals surface area contributed by atoms with Gasteiger partial charge in [0.15, 0.2) is 0 Å². The molecule has 0 aliphatic rings. The Morgan fingerprint density at radius 2 is 2.12 bits per heavy atom. The van der Waals surface area contributed by atoms with Gasteiger partial charge in [0, 0.05) is 10.0 Å². The van der Waals surface area contributed by atoms with E-state index in [9.17, 15) is 9.18 Å². The number of aromatic nitrogens is 2. The van der Waals surface area contributed by atoms with Crippen LogP contribution in [0.4, 0.5) is 4.39 Å². The highest BCUT2D eigenvalue weighted by Crippen LogP contribution is 2.21. The van der Waals surface area contributed by atoms with Crippen molar-refractivity contribution in [2.45, 2.75) is 6.92 Å². The van der Waals surface area contributed by atoms with E-state index in [4.69, 9.17) is 0 Å². The Morgan fingerprint density at radius 3 is 2.71 bits per heavy atom. The highest BCUT2D eigenvalue weighted by molar-refractivity contribution is 14.1. The molecule has 0 bridgehead atoms. The summed E-state index contributed by atoms with van der Waals surface area (Å²) in [6.45, 7) is 1.74. The molecule has 2 aromatic rings. The SMILES string of the molecule is Cc1nc(-c2cc(F)cc(Br)c2)[nH]c(=O)c1I. The molecule has 0 saturated carbocycles. The fourth-order valence-electron chi connectivity index (χ4n) is 1.40. The van der Waals surface area contributed by atoms with Crippen molar-refractivity contribution < 1.29 is 4.39 Å². The third-order valence-electron chi connectivity index (χ3n) is 2.16. The zero-order chi connectivity index (χ0) is 12.6. The Balaban J connectivity index is 2.65. The normalized spacial score (nSPS) is 10.6. The summed E-state index contributed by atoms with van der Waals surface area (Å²) in [5.41, 5.74) is 0.951. The lowest BCUT2D eigenvalue weighted by atomic mass is 10.2. The van der Waals surface area contributed by atoms with Gasteiger partial charge >= 0.3 is 0 Å². The number of hydrogen-bond donors (Lipinski definition) is 1. The molecule has 1 N–H and O–H groups in total. The molecule has 0 fully saturated rings. The molecule has 0 unspecified atom stereocenters. The van der Waals surface area contributed by atoms with E-state index < -0.39 is 0 Å². The first kappa shape index (κ1) is 12.7. The molecule has 1 heterocycles. The van der Waals surface area contributed by atoms with Crippen molar-refractivity contribution in [3.05, 3.63) is 48.1 Å². The number of H-pyrrole nitrogens is 1. The second-order valence-corrected chi connectivity index (χ2v) is 5.47. The number of nitrogens with one attached hydrogen (secondary N) is 1. The number of rotatable bonds is 1. The molecule has 0 radical (unpaired) electrons. The molecule has 3 nitrogen and oxygen atoms in total. The maximum absolute atomic E-state index is 13.2. The Bertz CT molecular complexity index is 622. The zero-order valence-corrected chi connectivity index (χ0v) is 12.5. The maximum atomic E-state index is 13.2. The lowest BCUT2D eigenvalue weighted by Crippen LogP contribution is -2.14. The Hall–Kier alpha value is -0.760. The first-order chi connectivity index (χ1) is 7.97. The molecule has 0 atom stereocenters. The lowest BCUT2D eigenvalue weighted by molar-refractivity contribution is 0.627. The summed E-state index contributed by atoms with van der Waals surface area (Å²) in [7, 11) is 0. The van der Waals surface area contributed by atoms with Crippen molar-refractivity contribution >= 4 is 38.5 Å². The highest BCUT2D eigenvalue weighted by atomic mass is 127. The van der Waals surface area contributed by atoms with E-state index in [-0.39, 0.29) is 11.4 Å². The van der Waals surface area contributed by atoms with Crippen LogP contribution in [0.25, 0.3) is 11.4 Å². The van der Waals surface area contributed by atoms with Gasteiger partial charge in [0.25, 0.3) is 5.56 Å². The van der Waals surface area contributed by atoms with Gasteiger partial charge < -0.3 is 4.98 Å². The van der Waals surface area contributed by atoms with Crippen LogP contribution in [0.1, 0.15) is 5.69 Å². The van der Waals surface area contributed by atoms with Crippen LogP contribution >= 0.6 is 38.5 Å². The summed E-state index contributed by atoms with van der Waals surface area (Å²) in [5.74, 6) is -0.0126. The molecule has 17 heavy (non-hydrogen) atoms. The average molecular weight is 409 g/mol. The maximum Gasteiger partial charge on any atom is 0.264 e. The van der Waals surface area contributed by atoms with Crippen LogP contribution in [0.15, 0.2) is 27.5 Å². The van der Waals surface area contributed by atoms with E-state index in [0.717, 1.165) is 0 Å². The minimum Gasteiger partial charge on any atom is -0.306 e. The molecule has 0 saturated heterocycles. The summed E-state index contributed by atoms with van der Waals surface area (Å²) < 4.78 is 14.4. The van der Waals surface area contributed by atoms with E-state index in [2.05, 4.69) is 25.9 Å². The van der Waals surface area contributed by atoms with Crippen LogP contribution in [-0.4, -0.2) is 9.97 Å². The van der Waals surface area contributed by atoms with Gasteiger partial charge in [-0.25, -0.2) is 9.37 Å². The fourth-order valence-corrected chi connectivity index (χ4v) is 2.12. The molecule has 0 aliphatic heterocycles. The van der Waals surface area contributed by atoms with Crippen molar-refractivity contribution in [2.24, 2.45) is 0 Å². The van der Waals surface area contributed by atoms with Crippen LogP contribution in [0.3, 0.4) is 0 Å². The standard InChI is InChI=1S/C11H7BrFIN2O/c1-5-9(14)11(17)16-10(15-5)6-2-7(12)4-8(13)3-6/h2-4H,1H3,(H,15,16,17). The van der Waals surface area contributed by atoms with Gasteiger partial charge in [-0.1, -0.05) is 15.9 Å². The van der Waals surface area contributed by atoms with Gasteiger partial charge in [-0.2, -0.15) is 0 Å². The predicted molar refractivity (Wildman–Crippen MR) is 75.4 cm³/mol. The fraction of sp³-hybridized carbons (Fsp3) is 0.0909. The van der Waals surface area contributed by atoms with Crippen LogP contribution in [0.5, 0.6) is 0 Å². The molecule has 0 spiro atoms. The molecule has 88 valence electrons. The van der Waals surface area contributed by atoms with E-state index in [1.165, 1.54) is 12.1 Å². The number of nitrogens with zero attached hydrogens (tertiary/aromatic N) is 1. The van der Waals surface area contributed by atoms with Crippen LogP contribution in [0.2, 0.25) is 0 Å². The van der Waals surface area contributed by atoms with Crippen molar-refractivity contribution in [1.82, 2.24) is 9.97 Å². The quantitative estimate of drug-likeness (QED) is 0.736. The van der Waals surface area contributed by atoms with E-state index in [1.54, 1.807) is 13.0 Å². The van der Waals surface area contributed by atoms with Crippen molar-refractivity contribution in [3.63, 3.8) is 0 Å². The molecule has 0 amide bonds. The number of halogens is 3. The molecule has 0 aliphatic carbocycles. The average Bonchev–Trinajstić information content (AvgIpc) is 2.23. The first-order valence-electron chi connectivity index (χ1n) is 4.70. The Labute approximate surface area is 119 Å². The van der Waals surface area contributed by atoms with Gasteiger partial charge in [0.1, 0.15) is 11.6 Å². The summed E-state index contributed by atoms with van der Waals surface area (Å²) in [4.78, 5) is 18.5. The largest absolute Gasteiger partial charge is 0.306 e. The lowest BCUT2D eigenvalue weighted by Gasteiger charge is -2.04. The van der Waals surface area contributed by atoms with Crippen LogP contribution in [0, 0.1) is 16.3 Å². The Kier molecular flexibility index (Phi) is 3.62. The smallest absolute Gasteiger partial charge is 0.264 e. The van der Waals surface area contributed by atoms with E-state index in [1.807, 2.05) is 22.6 Å². The minimum atomic E-state index is -0.381. The highest BCUT2D eigenvalue weighted by Gasteiger charge is 2.08. The van der Waals surface area contributed by atoms with E-state index >= 15 is 0 Å². The van der Waals surface area contributed by atoms with Gasteiger partial charge in [-0.3, -0.25) is 4.79 Å². The number of benzene rings is 1. The van der Waals surface area contributed by atoms with Crippen molar-refractivity contribution in [1.29, 1.82) is 0 Å². The second kappa shape index (κ2) is 4.85. The molecule has 1 aromatic heterocycles. The summed E-state index contributed by atoms with van der Waals surface area (Å²) in [6, 6.07) is 4.38. The Morgan fingerprint density at radius 1 is 1.41 bits per heavy atom. The van der Waals surface area contributed by atoms with Gasteiger partial charge in [-0.05, 0) is 47.7 Å². The monoisotopic (exact) mass is 408 g/mol. The summed E-state index contributed by atoms with van der Waals surface area (Å²) in [6.07, 6.45) is 0. The molecule has 2 rings (SSSR count). The third kappa shape index (κ3) is 2.74. The zero-order valence-electron chi connectivity index (χ0n) is 8.72. The van der Waals surface area contributed by atoms with Gasteiger partial charge in [-0.15, -0.1) is 0 Å². The van der Waals surface area contributed by atoms with E-state index in [0.29, 0.717) is 25.1 Å². The topological polar surface area (TPSA) is 45.8 Å². The van der Waals surface area contributed by atoms with Crippen LogP contribution < -0.4 is 5.56 Å². The summed E-state index contributed by atoms with van der Waals surface area (Å²) in [5, 5.41) is 0. The molecular weight excluding hydrogens is 402 g/mol. The number of hydrogen-bond acceptors (Lipinski definition) is 2. The molecular formula is C11H7BrFIN2O. The minimum absolute atomic E-state index is 0.214. The summed E-state index contributed by atoms with van der Waals surface area (Å²) >= 11 is 5.13. The van der Waals surface area contributed by atoms with Gasteiger partial charge in [0.05, 0.1) is 9.26 Å². The van der Waals surface area contributed by atoms with Crippen molar-refractivity contribution in [3.8, 4) is 11.4 Å². The number of aryl methyl sites for hydroxylation is 1. The van der Waals surface area contributed by atoms with Crippen molar-refractivity contribution in [2.75, 3.05) is 0 Å². The van der Waals surface area contributed by atoms with Crippen LogP contribution in [-0.2, 0) is 0 Å².